The van der Waals surface area contributed by atoms with Crippen LogP contribution in [0.25, 0.3) is 0 Å². The van der Waals surface area contributed by atoms with Crippen molar-refractivity contribution in [2.45, 2.75) is 30.6 Å². The van der Waals surface area contributed by atoms with Gasteiger partial charge in [0.25, 0.3) is 0 Å². The number of anilines is 1. The lowest BCUT2D eigenvalue weighted by Gasteiger charge is -2.35. The fraction of sp³-hybridized carbons (Fsp3) is 0.611. The fourth-order valence-corrected chi connectivity index (χ4v) is 5.26. The number of morpholine rings is 1. The van der Waals surface area contributed by atoms with E-state index in [1.807, 2.05) is 4.90 Å². The van der Waals surface area contributed by atoms with Crippen LogP contribution in [0.4, 0.5) is 5.69 Å². The van der Waals surface area contributed by atoms with Gasteiger partial charge in [0, 0.05) is 13.0 Å². The van der Waals surface area contributed by atoms with Crippen molar-refractivity contribution in [3.63, 3.8) is 0 Å². The maximum Gasteiger partial charge on any atom is 0.240 e. The van der Waals surface area contributed by atoms with E-state index < -0.39 is 10.0 Å². The summed E-state index contributed by atoms with van der Waals surface area (Å²) in [6, 6.07) is 3.51. The Labute approximate surface area is 154 Å². The molecule has 3 aliphatic heterocycles. The summed E-state index contributed by atoms with van der Waals surface area (Å²) in [6.07, 6.45) is 2.80. The topological polar surface area (TPSA) is 80.2 Å². The normalized spacial score (nSPS) is 20.9. The second kappa shape index (κ2) is 7.26. The van der Waals surface area contributed by atoms with Crippen LogP contribution in [0.1, 0.15) is 24.0 Å². The zero-order chi connectivity index (χ0) is 18.1. The maximum atomic E-state index is 12.8. The quantitative estimate of drug-likeness (QED) is 0.694. The standard InChI is InChI=1S/C18H25N3O4S/c22-17-4-3-15-13-16(12-14-2-1-6-21(17)18(14)15)26(23,24)19-5-7-20-8-10-25-11-9-20/h12-13,19H,1-11H2/p+1. The Kier molecular flexibility index (Phi) is 5.00. The summed E-state index contributed by atoms with van der Waals surface area (Å²) >= 11 is 0. The van der Waals surface area contributed by atoms with Gasteiger partial charge in [0.05, 0.1) is 36.9 Å². The van der Waals surface area contributed by atoms with Crippen LogP contribution >= 0.6 is 0 Å². The highest BCUT2D eigenvalue weighted by molar-refractivity contribution is 7.89. The largest absolute Gasteiger partial charge is 0.370 e. The van der Waals surface area contributed by atoms with Crippen LogP contribution in [0.3, 0.4) is 0 Å². The molecule has 0 spiro atoms. The number of hydrogen-bond acceptors (Lipinski definition) is 4. The zero-order valence-corrected chi connectivity index (χ0v) is 15.7. The van der Waals surface area contributed by atoms with Crippen molar-refractivity contribution in [3.8, 4) is 0 Å². The molecule has 0 aliphatic carbocycles. The van der Waals surface area contributed by atoms with Gasteiger partial charge in [-0.1, -0.05) is 0 Å². The summed E-state index contributed by atoms with van der Waals surface area (Å²) in [4.78, 5) is 15.7. The Bertz CT molecular complexity index is 786. The molecule has 4 rings (SSSR count). The van der Waals surface area contributed by atoms with Gasteiger partial charge in [-0.3, -0.25) is 4.79 Å². The lowest BCUT2D eigenvalue weighted by atomic mass is 9.92. The van der Waals surface area contributed by atoms with Crippen molar-refractivity contribution in [1.82, 2.24) is 4.72 Å². The molecule has 3 aliphatic rings. The van der Waals surface area contributed by atoms with Crippen molar-refractivity contribution < 1.29 is 22.8 Å². The zero-order valence-electron chi connectivity index (χ0n) is 14.9. The third-order valence-electron chi connectivity index (χ3n) is 5.53. The summed E-state index contributed by atoms with van der Waals surface area (Å²) in [6.45, 7) is 5.27. The first-order chi connectivity index (χ1) is 12.5. The Morgan fingerprint density at radius 2 is 1.85 bits per heavy atom. The van der Waals surface area contributed by atoms with E-state index in [0.717, 1.165) is 69.0 Å². The van der Waals surface area contributed by atoms with Crippen LogP contribution < -0.4 is 14.5 Å². The molecule has 8 heteroatoms. The minimum atomic E-state index is -3.53. The number of carbonyl (C=O) groups excluding carboxylic acids is 1. The lowest BCUT2D eigenvalue weighted by molar-refractivity contribution is -0.906. The summed E-state index contributed by atoms with van der Waals surface area (Å²) in [5.41, 5.74) is 2.94. The molecule has 7 nitrogen and oxygen atoms in total. The van der Waals surface area contributed by atoms with Gasteiger partial charge < -0.3 is 14.5 Å². The predicted octanol–water partition coefficient (Wildman–Crippen LogP) is -0.895. The third kappa shape index (κ3) is 3.51. The van der Waals surface area contributed by atoms with Gasteiger partial charge in [0.2, 0.25) is 15.9 Å². The van der Waals surface area contributed by atoms with Gasteiger partial charge in [-0.2, -0.15) is 0 Å². The number of ether oxygens (including phenoxy) is 1. The van der Waals surface area contributed by atoms with E-state index in [2.05, 4.69) is 4.72 Å². The molecule has 1 amide bonds. The van der Waals surface area contributed by atoms with Gasteiger partial charge in [-0.05, 0) is 42.5 Å². The highest BCUT2D eigenvalue weighted by Gasteiger charge is 2.31. The molecule has 0 bridgehead atoms. The van der Waals surface area contributed by atoms with Gasteiger partial charge in [0.1, 0.15) is 13.1 Å². The van der Waals surface area contributed by atoms with E-state index in [9.17, 15) is 13.2 Å². The van der Waals surface area contributed by atoms with Crippen molar-refractivity contribution >= 4 is 21.6 Å². The average molecular weight is 380 g/mol. The van der Waals surface area contributed by atoms with Crippen molar-refractivity contribution in [3.05, 3.63) is 23.3 Å². The van der Waals surface area contributed by atoms with Crippen LogP contribution in [-0.4, -0.2) is 60.3 Å². The number of benzene rings is 1. The molecule has 142 valence electrons. The Hall–Kier alpha value is -1.48. The molecule has 1 aromatic carbocycles. The summed E-state index contributed by atoms with van der Waals surface area (Å²) in [5.74, 6) is 0.153. The molecule has 2 N–H and O–H groups in total. The molecule has 0 atom stereocenters. The monoisotopic (exact) mass is 380 g/mol. The number of nitrogens with zero attached hydrogens (tertiary/aromatic N) is 1. The first kappa shape index (κ1) is 17.9. The minimum absolute atomic E-state index is 0.153. The Balaban J connectivity index is 1.51. The highest BCUT2D eigenvalue weighted by atomic mass is 32.2. The first-order valence-electron chi connectivity index (χ1n) is 9.42. The molecular formula is C18H26N3O4S+. The third-order valence-corrected chi connectivity index (χ3v) is 6.97. The molecule has 0 radical (unpaired) electrons. The van der Waals surface area contributed by atoms with Crippen LogP contribution in [0.5, 0.6) is 0 Å². The second-order valence-electron chi connectivity index (χ2n) is 7.25. The SMILES string of the molecule is O=C1CCc2cc(S(=O)(=O)NCC[NH+]3CCOCC3)cc3c2N1CCC3. The molecule has 0 aromatic heterocycles. The molecule has 3 heterocycles. The molecule has 0 unspecified atom stereocenters. The fourth-order valence-electron chi connectivity index (χ4n) is 4.13. The minimum Gasteiger partial charge on any atom is -0.370 e. The molecular weight excluding hydrogens is 354 g/mol. The number of hydrogen-bond donors (Lipinski definition) is 2. The number of sulfonamides is 1. The molecule has 1 saturated heterocycles. The molecule has 26 heavy (non-hydrogen) atoms. The summed E-state index contributed by atoms with van der Waals surface area (Å²) in [5, 5.41) is 0. The first-order valence-corrected chi connectivity index (χ1v) is 10.9. The maximum absolute atomic E-state index is 12.8. The van der Waals surface area contributed by atoms with Gasteiger partial charge in [0.15, 0.2) is 0 Å². The van der Waals surface area contributed by atoms with Crippen molar-refractivity contribution in [2.75, 3.05) is 50.8 Å². The number of quaternary nitrogens is 1. The smallest absolute Gasteiger partial charge is 0.240 e. The van der Waals surface area contributed by atoms with E-state index in [-0.39, 0.29) is 5.91 Å². The number of amides is 1. The molecule has 0 saturated carbocycles. The van der Waals surface area contributed by atoms with Gasteiger partial charge in [-0.25, -0.2) is 13.1 Å². The second-order valence-corrected chi connectivity index (χ2v) is 9.02. The van der Waals surface area contributed by atoms with Crippen molar-refractivity contribution in [1.29, 1.82) is 0 Å². The van der Waals surface area contributed by atoms with Crippen LogP contribution in [-0.2, 0) is 32.4 Å². The molecule has 1 fully saturated rings. The Morgan fingerprint density at radius 3 is 2.62 bits per heavy atom. The molecule has 1 aromatic rings. The Morgan fingerprint density at radius 1 is 1.12 bits per heavy atom. The van der Waals surface area contributed by atoms with Crippen LogP contribution in [0.15, 0.2) is 17.0 Å². The van der Waals surface area contributed by atoms with E-state index in [4.69, 9.17) is 4.74 Å². The summed E-state index contributed by atoms with van der Waals surface area (Å²) in [7, 11) is -3.53. The number of carbonyl (C=O) groups is 1. The number of rotatable bonds is 5. The van der Waals surface area contributed by atoms with E-state index >= 15 is 0 Å². The predicted molar refractivity (Wildman–Crippen MR) is 97.0 cm³/mol. The average Bonchev–Trinajstić information content (AvgIpc) is 2.65. The van der Waals surface area contributed by atoms with E-state index in [1.54, 1.807) is 12.1 Å². The van der Waals surface area contributed by atoms with E-state index in [1.165, 1.54) is 4.90 Å². The van der Waals surface area contributed by atoms with E-state index in [0.29, 0.717) is 24.3 Å². The summed E-state index contributed by atoms with van der Waals surface area (Å²) < 4.78 is 33.6. The van der Waals surface area contributed by atoms with Gasteiger partial charge in [-0.15, -0.1) is 0 Å². The van der Waals surface area contributed by atoms with Gasteiger partial charge >= 0.3 is 0 Å². The highest BCUT2D eigenvalue weighted by Crippen LogP contribution is 2.37. The van der Waals surface area contributed by atoms with Crippen molar-refractivity contribution in [2.24, 2.45) is 0 Å². The number of aryl methyl sites for hydroxylation is 2. The van der Waals surface area contributed by atoms with Crippen LogP contribution in [0, 0.1) is 0 Å². The van der Waals surface area contributed by atoms with Crippen LogP contribution in [0.2, 0.25) is 0 Å². The lowest BCUT2D eigenvalue weighted by Crippen LogP contribution is -3.14. The number of nitrogens with one attached hydrogen (secondary N) is 2.